The van der Waals surface area contributed by atoms with Crippen molar-refractivity contribution in [1.29, 1.82) is 5.26 Å². The van der Waals surface area contributed by atoms with Crippen molar-refractivity contribution in [2.24, 2.45) is 0 Å². The second kappa shape index (κ2) is 6.53. The smallest absolute Gasteiger partial charge is 0.285 e. The molecule has 0 unspecified atom stereocenters. The van der Waals surface area contributed by atoms with Crippen LogP contribution in [0.4, 0.5) is 11.4 Å². The van der Waals surface area contributed by atoms with E-state index in [1.165, 1.54) is 13.0 Å². The standard InChI is InChI=1S/C15H12N4O4/c1-10(18-9-13(19(22)23)5-6-14(18)20)15(21)17-12-4-2-3-11(7-12)8-16/h2-7,9-10H,1H3,(H,17,21)/t10-/m0/s1. The summed E-state index contributed by atoms with van der Waals surface area (Å²) in [7, 11) is 0. The molecule has 0 spiro atoms. The van der Waals surface area contributed by atoms with Gasteiger partial charge in [0.25, 0.3) is 11.2 Å². The molecule has 116 valence electrons. The van der Waals surface area contributed by atoms with E-state index >= 15 is 0 Å². The van der Waals surface area contributed by atoms with Crippen LogP contribution in [0.3, 0.4) is 0 Å². The van der Waals surface area contributed by atoms with Gasteiger partial charge in [-0.05, 0) is 25.1 Å². The molecule has 1 amide bonds. The molecule has 8 heteroatoms. The highest BCUT2D eigenvalue weighted by Gasteiger charge is 2.19. The van der Waals surface area contributed by atoms with Crippen LogP contribution in [0.15, 0.2) is 47.4 Å². The summed E-state index contributed by atoms with van der Waals surface area (Å²) < 4.78 is 0.988. The number of amides is 1. The number of benzene rings is 1. The average Bonchev–Trinajstić information content (AvgIpc) is 2.54. The molecular formula is C15H12N4O4. The van der Waals surface area contributed by atoms with E-state index in [2.05, 4.69) is 5.32 Å². The van der Waals surface area contributed by atoms with E-state index in [-0.39, 0.29) is 5.69 Å². The van der Waals surface area contributed by atoms with Gasteiger partial charge in [-0.3, -0.25) is 24.3 Å². The van der Waals surface area contributed by atoms with Gasteiger partial charge in [-0.2, -0.15) is 5.26 Å². The van der Waals surface area contributed by atoms with Crippen molar-refractivity contribution in [2.45, 2.75) is 13.0 Å². The first-order valence-electron chi connectivity index (χ1n) is 6.60. The summed E-state index contributed by atoms with van der Waals surface area (Å²) in [5.74, 6) is -0.525. The Kier molecular flexibility index (Phi) is 4.52. The Bertz CT molecular complexity index is 866. The summed E-state index contributed by atoms with van der Waals surface area (Å²) in [4.78, 5) is 34.2. The first kappa shape index (κ1) is 15.9. The molecule has 1 aromatic carbocycles. The lowest BCUT2D eigenvalue weighted by Gasteiger charge is -2.14. The number of anilines is 1. The maximum Gasteiger partial charge on any atom is 0.285 e. The monoisotopic (exact) mass is 312 g/mol. The summed E-state index contributed by atoms with van der Waals surface area (Å²) in [5.41, 5.74) is -0.0258. The van der Waals surface area contributed by atoms with Crippen LogP contribution in [0.1, 0.15) is 18.5 Å². The molecule has 0 aliphatic heterocycles. The first-order chi connectivity index (χ1) is 10.9. The number of aromatic nitrogens is 1. The minimum absolute atomic E-state index is 0.282. The van der Waals surface area contributed by atoms with Crippen molar-refractivity contribution in [2.75, 3.05) is 5.32 Å². The highest BCUT2D eigenvalue weighted by atomic mass is 16.6. The molecule has 0 saturated heterocycles. The Morgan fingerprint density at radius 1 is 1.39 bits per heavy atom. The van der Waals surface area contributed by atoms with Gasteiger partial charge >= 0.3 is 0 Å². The van der Waals surface area contributed by atoms with Gasteiger partial charge in [0.1, 0.15) is 6.04 Å². The van der Waals surface area contributed by atoms with Crippen LogP contribution in [0.25, 0.3) is 0 Å². The molecule has 8 nitrogen and oxygen atoms in total. The molecule has 1 N–H and O–H groups in total. The van der Waals surface area contributed by atoms with Gasteiger partial charge in [0.15, 0.2) is 0 Å². The van der Waals surface area contributed by atoms with Gasteiger partial charge < -0.3 is 5.32 Å². The van der Waals surface area contributed by atoms with E-state index < -0.39 is 22.4 Å². The van der Waals surface area contributed by atoms with E-state index in [0.29, 0.717) is 11.3 Å². The maximum atomic E-state index is 12.2. The minimum Gasteiger partial charge on any atom is -0.324 e. The van der Waals surface area contributed by atoms with Gasteiger partial charge in [-0.15, -0.1) is 0 Å². The molecule has 1 aromatic heterocycles. The second-order valence-corrected chi connectivity index (χ2v) is 4.75. The maximum absolute atomic E-state index is 12.2. The molecule has 23 heavy (non-hydrogen) atoms. The van der Waals surface area contributed by atoms with Crippen molar-refractivity contribution in [3.8, 4) is 6.07 Å². The number of hydrogen-bond acceptors (Lipinski definition) is 5. The molecule has 2 rings (SSSR count). The number of rotatable bonds is 4. The molecule has 1 atom stereocenters. The van der Waals surface area contributed by atoms with Crippen molar-refractivity contribution in [3.05, 3.63) is 68.6 Å². The molecular weight excluding hydrogens is 300 g/mol. The van der Waals surface area contributed by atoms with Crippen LogP contribution >= 0.6 is 0 Å². The largest absolute Gasteiger partial charge is 0.324 e. The Hall–Kier alpha value is -3.47. The lowest BCUT2D eigenvalue weighted by Crippen LogP contribution is -2.31. The fourth-order valence-electron chi connectivity index (χ4n) is 1.94. The van der Waals surface area contributed by atoms with Gasteiger partial charge in [0.2, 0.25) is 5.91 Å². The highest BCUT2D eigenvalue weighted by molar-refractivity contribution is 5.93. The van der Waals surface area contributed by atoms with Crippen LogP contribution in [0.2, 0.25) is 0 Å². The van der Waals surface area contributed by atoms with Gasteiger partial charge in [-0.1, -0.05) is 6.07 Å². The average molecular weight is 312 g/mol. The fourth-order valence-corrected chi connectivity index (χ4v) is 1.94. The topological polar surface area (TPSA) is 118 Å². The number of hydrogen-bond donors (Lipinski definition) is 1. The third-order valence-electron chi connectivity index (χ3n) is 3.19. The quantitative estimate of drug-likeness (QED) is 0.682. The van der Waals surface area contributed by atoms with Gasteiger partial charge in [0, 0.05) is 17.8 Å². The molecule has 0 aliphatic carbocycles. The predicted molar refractivity (Wildman–Crippen MR) is 81.9 cm³/mol. The molecule has 0 saturated carbocycles. The van der Waals surface area contributed by atoms with Crippen LogP contribution in [0, 0.1) is 21.4 Å². The van der Waals surface area contributed by atoms with E-state index in [4.69, 9.17) is 5.26 Å². The summed E-state index contributed by atoms with van der Waals surface area (Å²) in [5, 5.41) is 22.2. The summed E-state index contributed by atoms with van der Waals surface area (Å²) >= 11 is 0. The lowest BCUT2D eigenvalue weighted by atomic mass is 10.2. The van der Waals surface area contributed by atoms with E-state index in [1.807, 2.05) is 6.07 Å². The van der Waals surface area contributed by atoms with E-state index in [1.54, 1.807) is 18.2 Å². The minimum atomic E-state index is -0.951. The molecule has 1 heterocycles. The lowest BCUT2D eigenvalue weighted by molar-refractivity contribution is -0.385. The van der Waals surface area contributed by atoms with Crippen molar-refractivity contribution in [1.82, 2.24) is 4.57 Å². The number of nitrogens with zero attached hydrogens (tertiary/aromatic N) is 3. The number of carbonyl (C=O) groups is 1. The highest BCUT2D eigenvalue weighted by Crippen LogP contribution is 2.15. The molecule has 0 bridgehead atoms. The zero-order valence-corrected chi connectivity index (χ0v) is 12.1. The second-order valence-electron chi connectivity index (χ2n) is 4.75. The Balaban J connectivity index is 2.26. The van der Waals surface area contributed by atoms with Crippen LogP contribution in [-0.4, -0.2) is 15.4 Å². The number of pyridine rings is 1. The zero-order valence-electron chi connectivity index (χ0n) is 12.1. The summed E-state index contributed by atoms with van der Waals surface area (Å²) in [6.45, 7) is 1.45. The molecule has 0 radical (unpaired) electrons. The molecule has 0 fully saturated rings. The van der Waals surface area contributed by atoms with Gasteiger partial charge in [0.05, 0.1) is 22.8 Å². The molecule has 0 aliphatic rings. The third-order valence-corrected chi connectivity index (χ3v) is 3.19. The van der Waals surface area contributed by atoms with Gasteiger partial charge in [-0.25, -0.2) is 0 Å². The first-order valence-corrected chi connectivity index (χ1v) is 6.60. The van der Waals surface area contributed by atoms with E-state index in [9.17, 15) is 19.7 Å². The fraction of sp³-hybridized carbons (Fsp3) is 0.133. The van der Waals surface area contributed by atoms with Crippen molar-refractivity contribution >= 4 is 17.3 Å². The van der Waals surface area contributed by atoms with Crippen molar-refractivity contribution in [3.63, 3.8) is 0 Å². The number of nitriles is 1. The summed E-state index contributed by atoms with van der Waals surface area (Å²) in [6, 6.07) is 9.40. The third kappa shape index (κ3) is 3.59. The summed E-state index contributed by atoms with van der Waals surface area (Å²) in [6.07, 6.45) is 1.03. The Labute approximate surface area is 130 Å². The Morgan fingerprint density at radius 3 is 2.78 bits per heavy atom. The molecule has 2 aromatic rings. The zero-order chi connectivity index (χ0) is 17.0. The number of nitro groups is 1. The van der Waals surface area contributed by atoms with Crippen LogP contribution < -0.4 is 10.9 Å². The normalized spacial score (nSPS) is 11.3. The van der Waals surface area contributed by atoms with Crippen LogP contribution in [-0.2, 0) is 4.79 Å². The van der Waals surface area contributed by atoms with Crippen molar-refractivity contribution < 1.29 is 9.72 Å². The number of carbonyl (C=O) groups excluding carboxylic acids is 1. The van der Waals surface area contributed by atoms with E-state index in [0.717, 1.165) is 22.9 Å². The predicted octanol–water partition coefficient (Wildman–Crippen LogP) is 1.83. The SMILES string of the molecule is C[C@@H](C(=O)Nc1cccc(C#N)c1)n1cc([N+](=O)[O-])ccc1=O. The Morgan fingerprint density at radius 2 is 2.13 bits per heavy atom. The number of nitrogens with one attached hydrogen (secondary N) is 1. The van der Waals surface area contributed by atoms with Crippen LogP contribution in [0.5, 0.6) is 0 Å².